The molecule has 0 bridgehead atoms. The molecule has 1 aromatic rings. The van der Waals surface area contributed by atoms with Crippen molar-refractivity contribution in [2.24, 2.45) is 0 Å². The summed E-state index contributed by atoms with van der Waals surface area (Å²) in [7, 11) is 3.10. The molecule has 0 fully saturated rings. The van der Waals surface area contributed by atoms with E-state index < -0.39 is 0 Å². The minimum Gasteiger partial charge on any atom is -0.497 e. The van der Waals surface area contributed by atoms with Crippen molar-refractivity contribution < 1.29 is 14.3 Å². The Kier molecular flexibility index (Phi) is 3.99. The lowest BCUT2D eigenvalue weighted by Crippen LogP contribution is -2.40. The van der Waals surface area contributed by atoms with E-state index >= 15 is 0 Å². The molecule has 1 aromatic carbocycles. The number of ether oxygens (including phenoxy) is 2. The Morgan fingerprint density at radius 2 is 1.82 bits per heavy atom. The van der Waals surface area contributed by atoms with Crippen molar-refractivity contribution in [1.29, 1.82) is 0 Å². The molecule has 1 amide bonds. The van der Waals surface area contributed by atoms with Gasteiger partial charge in [0, 0.05) is 5.54 Å². The Morgan fingerprint density at radius 1 is 1.18 bits per heavy atom. The van der Waals surface area contributed by atoms with Crippen LogP contribution in [0.2, 0.25) is 0 Å². The Morgan fingerprint density at radius 3 is 2.29 bits per heavy atom. The van der Waals surface area contributed by atoms with Gasteiger partial charge in [0.15, 0.2) is 0 Å². The lowest BCUT2D eigenvalue weighted by Gasteiger charge is -2.21. The molecule has 4 heteroatoms. The molecule has 0 unspecified atom stereocenters. The van der Waals surface area contributed by atoms with Gasteiger partial charge in [-0.1, -0.05) is 0 Å². The number of hydrogen-bond acceptors (Lipinski definition) is 3. The van der Waals surface area contributed by atoms with Crippen LogP contribution in [0.1, 0.15) is 31.1 Å². The molecule has 0 heterocycles. The van der Waals surface area contributed by atoms with Gasteiger partial charge < -0.3 is 14.8 Å². The fourth-order valence-corrected chi connectivity index (χ4v) is 1.40. The van der Waals surface area contributed by atoms with E-state index in [1.54, 1.807) is 25.3 Å². The number of carbonyl (C=O) groups is 1. The van der Waals surface area contributed by atoms with Crippen molar-refractivity contribution in [3.05, 3.63) is 23.8 Å². The smallest absolute Gasteiger partial charge is 0.255 e. The number of benzene rings is 1. The first kappa shape index (κ1) is 13.4. The van der Waals surface area contributed by atoms with Gasteiger partial charge in [0.25, 0.3) is 5.91 Å². The molecule has 0 saturated carbocycles. The van der Waals surface area contributed by atoms with Crippen LogP contribution in [-0.2, 0) is 0 Å². The summed E-state index contributed by atoms with van der Waals surface area (Å²) in [6.45, 7) is 5.78. The second kappa shape index (κ2) is 5.08. The van der Waals surface area contributed by atoms with Gasteiger partial charge in [-0.05, 0) is 39.0 Å². The van der Waals surface area contributed by atoms with Crippen LogP contribution in [-0.4, -0.2) is 25.7 Å². The fraction of sp³-hybridized carbons (Fsp3) is 0.462. The maximum Gasteiger partial charge on any atom is 0.255 e. The zero-order chi connectivity index (χ0) is 13.1. The first-order valence-electron chi connectivity index (χ1n) is 5.42. The highest BCUT2D eigenvalue weighted by atomic mass is 16.5. The van der Waals surface area contributed by atoms with Crippen molar-refractivity contribution >= 4 is 5.91 Å². The van der Waals surface area contributed by atoms with Crippen molar-refractivity contribution in [3.8, 4) is 11.5 Å². The summed E-state index contributed by atoms with van der Waals surface area (Å²) >= 11 is 0. The van der Waals surface area contributed by atoms with E-state index in [1.807, 2.05) is 20.8 Å². The van der Waals surface area contributed by atoms with Crippen molar-refractivity contribution in [1.82, 2.24) is 5.32 Å². The van der Waals surface area contributed by atoms with Gasteiger partial charge in [-0.25, -0.2) is 0 Å². The molecule has 0 spiro atoms. The summed E-state index contributed by atoms with van der Waals surface area (Å²) in [5.41, 5.74) is 0.187. The van der Waals surface area contributed by atoms with Gasteiger partial charge in [-0.15, -0.1) is 0 Å². The topological polar surface area (TPSA) is 47.6 Å². The summed E-state index contributed by atoms with van der Waals surface area (Å²) in [4.78, 5) is 12.1. The highest BCUT2D eigenvalue weighted by Gasteiger charge is 2.19. The van der Waals surface area contributed by atoms with Gasteiger partial charge in [0.2, 0.25) is 0 Å². The van der Waals surface area contributed by atoms with Crippen LogP contribution in [0.25, 0.3) is 0 Å². The van der Waals surface area contributed by atoms with E-state index in [9.17, 15) is 4.79 Å². The first-order chi connectivity index (χ1) is 7.87. The third-order valence-electron chi connectivity index (χ3n) is 2.14. The van der Waals surface area contributed by atoms with Gasteiger partial charge in [0.05, 0.1) is 19.8 Å². The third-order valence-corrected chi connectivity index (χ3v) is 2.14. The van der Waals surface area contributed by atoms with Crippen molar-refractivity contribution in [2.75, 3.05) is 14.2 Å². The standard InChI is InChI=1S/C13H19NO3/c1-13(2,3)14-12(15)10-8-9(16-4)6-7-11(10)17-5/h6-8H,1-5H3,(H,14,15). The van der Waals surface area contributed by atoms with Crippen LogP contribution in [0.3, 0.4) is 0 Å². The van der Waals surface area contributed by atoms with E-state index in [-0.39, 0.29) is 11.4 Å². The van der Waals surface area contributed by atoms with Crippen LogP contribution >= 0.6 is 0 Å². The molecule has 17 heavy (non-hydrogen) atoms. The second-order valence-corrected chi connectivity index (χ2v) is 4.77. The second-order valence-electron chi connectivity index (χ2n) is 4.77. The maximum absolute atomic E-state index is 12.1. The number of hydrogen-bond donors (Lipinski definition) is 1. The fourth-order valence-electron chi connectivity index (χ4n) is 1.40. The summed E-state index contributed by atoms with van der Waals surface area (Å²) in [6.07, 6.45) is 0. The molecule has 1 rings (SSSR count). The number of rotatable bonds is 3. The molecule has 0 radical (unpaired) electrons. The average molecular weight is 237 g/mol. The summed E-state index contributed by atoms with van der Waals surface area (Å²) < 4.78 is 10.3. The molecular formula is C13H19NO3. The van der Waals surface area contributed by atoms with E-state index in [1.165, 1.54) is 7.11 Å². The summed E-state index contributed by atoms with van der Waals surface area (Å²) in [5.74, 6) is 0.991. The van der Waals surface area contributed by atoms with Gasteiger partial charge in [-0.3, -0.25) is 4.79 Å². The van der Waals surface area contributed by atoms with E-state index in [4.69, 9.17) is 9.47 Å². The molecular weight excluding hydrogens is 218 g/mol. The number of methoxy groups -OCH3 is 2. The molecule has 94 valence electrons. The SMILES string of the molecule is COc1ccc(OC)c(C(=O)NC(C)(C)C)c1. The molecule has 4 nitrogen and oxygen atoms in total. The molecule has 0 aliphatic heterocycles. The van der Waals surface area contributed by atoms with Gasteiger partial charge >= 0.3 is 0 Å². The molecule has 0 aliphatic rings. The van der Waals surface area contributed by atoms with Crippen LogP contribution < -0.4 is 14.8 Å². The van der Waals surface area contributed by atoms with E-state index in [0.717, 1.165) is 0 Å². The first-order valence-corrected chi connectivity index (χ1v) is 5.42. The normalized spacial score (nSPS) is 10.9. The Hall–Kier alpha value is -1.71. The lowest BCUT2D eigenvalue weighted by atomic mass is 10.1. The molecule has 0 aliphatic carbocycles. The van der Waals surface area contributed by atoms with Crippen LogP contribution in [0, 0.1) is 0 Å². The minimum atomic E-state index is -0.287. The highest BCUT2D eigenvalue weighted by Crippen LogP contribution is 2.24. The third kappa shape index (κ3) is 3.66. The molecule has 0 saturated heterocycles. The number of carbonyl (C=O) groups excluding carboxylic acids is 1. The molecule has 1 N–H and O–H groups in total. The maximum atomic E-state index is 12.1. The highest BCUT2D eigenvalue weighted by molar-refractivity contribution is 5.97. The number of nitrogens with one attached hydrogen (secondary N) is 1. The van der Waals surface area contributed by atoms with Crippen LogP contribution in [0.15, 0.2) is 18.2 Å². The number of amides is 1. The van der Waals surface area contributed by atoms with E-state index in [0.29, 0.717) is 17.1 Å². The Bertz CT molecular complexity index is 408. The largest absolute Gasteiger partial charge is 0.497 e. The minimum absolute atomic E-state index is 0.173. The van der Waals surface area contributed by atoms with Gasteiger partial charge in [0.1, 0.15) is 11.5 Å². The quantitative estimate of drug-likeness (QED) is 0.877. The summed E-state index contributed by atoms with van der Waals surface area (Å²) in [5, 5.41) is 2.89. The van der Waals surface area contributed by atoms with Crippen molar-refractivity contribution in [2.45, 2.75) is 26.3 Å². The zero-order valence-corrected chi connectivity index (χ0v) is 11.0. The van der Waals surface area contributed by atoms with Crippen LogP contribution in [0.4, 0.5) is 0 Å². The lowest BCUT2D eigenvalue weighted by molar-refractivity contribution is 0.0916. The predicted octanol–water partition coefficient (Wildman–Crippen LogP) is 2.23. The monoisotopic (exact) mass is 237 g/mol. The Labute approximate surface area is 102 Å². The molecule has 0 atom stereocenters. The predicted molar refractivity (Wildman–Crippen MR) is 66.8 cm³/mol. The summed E-state index contributed by atoms with van der Waals surface area (Å²) in [6, 6.07) is 5.14. The van der Waals surface area contributed by atoms with Crippen molar-refractivity contribution in [3.63, 3.8) is 0 Å². The molecule has 0 aromatic heterocycles. The zero-order valence-electron chi connectivity index (χ0n) is 11.0. The van der Waals surface area contributed by atoms with Crippen LogP contribution in [0.5, 0.6) is 11.5 Å². The average Bonchev–Trinajstić information content (AvgIpc) is 2.25. The Balaban J connectivity index is 3.05. The van der Waals surface area contributed by atoms with E-state index in [2.05, 4.69) is 5.32 Å². The van der Waals surface area contributed by atoms with Gasteiger partial charge in [-0.2, -0.15) is 0 Å².